The summed E-state index contributed by atoms with van der Waals surface area (Å²) in [7, 11) is 1.88. The van der Waals surface area contributed by atoms with Crippen molar-refractivity contribution in [1.82, 2.24) is 29.6 Å². The standard InChI is InChI=1S/C17H18N6O/c1-22-16-15(19-8-9-20-16)14(21-22)12-5-4-10-23(11-12)17(24)13-6-2-3-7-18-13/h2-3,6-9,12H,4-5,10-11H2,1H3/t12-/m0/s1. The van der Waals surface area contributed by atoms with Crippen molar-refractivity contribution in [3.05, 3.63) is 48.2 Å². The molecule has 3 aromatic rings. The number of hydrogen-bond acceptors (Lipinski definition) is 5. The summed E-state index contributed by atoms with van der Waals surface area (Å²) in [5.41, 5.74) is 3.03. The van der Waals surface area contributed by atoms with Crippen LogP contribution in [0.2, 0.25) is 0 Å². The zero-order valence-corrected chi connectivity index (χ0v) is 13.5. The van der Waals surface area contributed by atoms with Gasteiger partial charge in [-0.05, 0) is 25.0 Å². The fourth-order valence-corrected chi connectivity index (χ4v) is 3.32. The van der Waals surface area contributed by atoms with Crippen LogP contribution in [0.5, 0.6) is 0 Å². The molecule has 1 fully saturated rings. The first-order chi connectivity index (χ1) is 11.7. The van der Waals surface area contributed by atoms with Crippen LogP contribution in [0.25, 0.3) is 11.2 Å². The molecule has 0 saturated carbocycles. The van der Waals surface area contributed by atoms with Crippen molar-refractivity contribution in [2.24, 2.45) is 7.05 Å². The van der Waals surface area contributed by atoms with Crippen molar-refractivity contribution in [1.29, 1.82) is 0 Å². The van der Waals surface area contributed by atoms with Gasteiger partial charge in [-0.15, -0.1) is 0 Å². The van der Waals surface area contributed by atoms with Crippen LogP contribution in [0, 0.1) is 0 Å². The van der Waals surface area contributed by atoms with Gasteiger partial charge >= 0.3 is 0 Å². The first kappa shape index (κ1) is 14.7. The van der Waals surface area contributed by atoms with Crippen molar-refractivity contribution in [3.8, 4) is 0 Å². The zero-order chi connectivity index (χ0) is 16.5. The molecule has 1 aliphatic heterocycles. The monoisotopic (exact) mass is 322 g/mol. The lowest BCUT2D eigenvalue weighted by atomic mass is 9.94. The maximum absolute atomic E-state index is 12.7. The highest BCUT2D eigenvalue weighted by Crippen LogP contribution is 2.30. The van der Waals surface area contributed by atoms with E-state index in [0.717, 1.165) is 36.2 Å². The Morgan fingerprint density at radius 2 is 2.04 bits per heavy atom. The molecule has 3 aromatic heterocycles. The number of nitrogens with zero attached hydrogens (tertiary/aromatic N) is 6. The lowest BCUT2D eigenvalue weighted by Crippen LogP contribution is -2.39. The van der Waals surface area contributed by atoms with E-state index in [0.29, 0.717) is 12.2 Å². The molecule has 0 spiro atoms. The quantitative estimate of drug-likeness (QED) is 0.719. The molecule has 24 heavy (non-hydrogen) atoms. The van der Waals surface area contributed by atoms with Gasteiger partial charge in [0.05, 0.1) is 5.69 Å². The van der Waals surface area contributed by atoms with E-state index in [9.17, 15) is 4.79 Å². The van der Waals surface area contributed by atoms with Crippen LogP contribution in [0.1, 0.15) is 34.9 Å². The predicted octanol–water partition coefficient (Wildman–Crippen LogP) is 1.78. The highest BCUT2D eigenvalue weighted by Gasteiger charge is 2.29. The fourth-order valence-electron chi connectivity index (χ4n) is 3.32. The third kappa shape index (κ3) is 2.51. The van der Waals surface area contributed by atoms with Gasteiger partial charge in [0.2, 0.25) is 0 Å². The number of hydrogen-bond donors (Lipinski definition) is 0. The Kier molecular flexibility index (Phi) is 3.68. The summed E-state index contributed by atoms with van der Waals surface area (Å²) < 4.78 is 1.76. The molecule has 0 unspecified atom stereocenters. The number of piperidine rings is 1. The minimum atomic E-state index is -0.0216. The van der Waals surface area contributed by atoms with Gasteiger partial charge in [0.25, 0.3) is 5.91 Å². The van der Waals surface area contributed by atoms with E-state index >= 15 is 0 Å². The predicted molar refractivity (Wildman–Crippen MR) is 88.4 cm³/mol. The summed E-state index contributed by atoms with van der Waals surface area (Å²) in [6.45, 7) is 1.39. The normalized spacial score (nSPS) is 18.0. The van der Waals surface area contributed by atoms with Crippen LogP contribution < -0.4 is 0 Å². The van der Waals surface area contributed by atoms with Crippen LogP contribution in [0.3, 0.4) is 0 Å². The third-order valence-corrected chi connectivity index (χ3v) is 4.47. The number of carbonyl (C=O) groups excluding carboxylic acids is 1. The second-order valence-electron chi connectivity index (χ2n) is 6.04. The summed E-state index contributed by atoms with van der Waals surface area (Å²) in [4.78, 5) is 27.5. The Labute approximate surface area is 139 Å². The van der Waals surface area contributed by atoms with Gasteiger partial charge in [0.15, 0.2) is 5.65 Å². The van der Waals surface area contributed by atoms with Gasteiger partial charge in [0, 0.05) is 44.6 Å². The smallest absolute Gasteiger partial charge is 0.272 e. The molecular formula is C17H18N6O. The third-order valence-electron chi connectivity index (χ3n) is 4.47. The Hall–Kier alpha value is -2.83. The molecule has 1 amide bonds. The second-order valence-corrected chi connectivity index (χ2v) is 6.04. The maximum atomic E-state index is 12.7. The highest BCUT2D eigenvalue weighted by atomic mass is 16.2. The SMILES string of the molecule is Cn1nc([C@H]2CCCN(C(=O)c3ccccn3)C2)c2nccnc21. The summed E-state index contributed by atoms with van der Waals surface area (Å²) in [6, 6.07) is 5.41. The zero-order valence-electron chi connectivity index (χ0n) is 13.5. The van der Waals surface area contributed by atoms with Crippen molar-refractivity contribution in [2.45, 2.75) is 18.8 Å². The number of fused-ring (bicyclic) bond motifs is 1. The minimum Gasteiger partial charge on any atom is -0.337 e. The second kappa shape index (κ2) is 5.99. The van der Waals surface area contributed by atoms with E-state index in [2.05, 4.69) is 20.1 Å². The molecule has 4 heterocycles. The van der Waals surface area contributed by atoms with Crippen molar-refractivity contribution >= 4 is 17.1 Å². The lowest BCUT2D eigenvalue weighted by molar-refractivity contribution is 0.0700. The first-order valence-corrected chi connectivity index (χ1v) is 8.08. The van der Waals surface area contributed by atoms with Crippen LogP contribution >= 0.6 is 0 Å². The number of likely N-dealkylation sites (tertiary alicyclic amines) is 1. The number of amides is 1. The molecule has 0 aromatic carbocycles. The van der Waals surface area contributed by atoms with E-state index in [1.165, 1.54) is 0 Å². The molecular weight excluding hydrogens is 304 g/mol. The Morgan fingerprint density at radius 3 is 2.88 bits per heavy atom. The lowest BCUT2D eigenvalue weighted by Gasteiger charge is -2.31. The van der Waals surface area contributed by atoms with E-state index in [1.807, 2.05) is 24.1 Å². The first-order valence-electron chi connectivity index (χ1n) is 8.08. The van der Waals surface area contributed by atoms with Gasteiger partial charge in [0.1, 0.15) is 11.2 Å². The van der Waals surface area contributed by atoms with Crippen LogP contribution in [0.15, 0.2) is 36.8 Å². The number of aryl methyl sites for hydroxylation is 1. The van der Waals surface area contributed by atoms with Crippen molar-refractivity contribution in [2.75, 3.05) is 13.1 Å². The number of pyridine rings is 1. The molecule has 122 valence electrons. The Bertz CT molecular complexity index is 875. The van der Waals surface area contributed by atoms with E-state index < -0.39 is 0 Å². The number of aromatic nitrogens is 5. The maximum Gasteiger partial charge on any atom is 0.272 e. The molecule has 1 atom stereocenters. The van der Waals surface area contributed by atoms with Crippen molar-refractivity contribution < 1.29 is 4.79 Å². The molecule has 0 N–H and O–H groups in total. The molecule has 7 nitrogen and oxygen atoms in total. The molecule has 4 rings (SSSR count). The average molecular weight is 322 g/mol. The summed E-state index contributed by atoms with van der Waals surface area (Å²) in [6.07, 6.45) is 6.95. The van der Waals surface area contributed by atoms with Gasteiger partial charge < -0.3 is 4.90 Å². The topological polar surface area (TPSA) is 76.8 Å². The summed E-state index contributed by atoms with van der Waals surface area (Å²) in [5.74, 6) is 0.151. The van der Waals surface area contributed by atoms with Gasteiger partial charge in [-0.2, -0.15) is 5.10 Å². The number of rotatable bonds is 2. The molecule has 1 saturated heterocycles. The van der Waals surface area contributed by atoms with Crippen molar-refractivity contribution in [3.63, 3.8) is 0 Å². The molecule has 7 heteroatoms. The van der Waals surface area contributed by atoms with Crippen LogP contribution in [-0.2, 0) is 7.05 Å². The Balaban J connectivity index is 1.62. The summed E-state index contributed by atoms with van der Waals surface area (Å²) in [5, 5.41) is 4.62. The molecule has 0 bridgehead atoms. The minimum absolute atomic E-state index is 0.0216. The largest absolute Gasteiger partial charge is 0.337 e. The van der Waals surface area contributed by atoms with Gasteiger partial charge in [-0.3, -0.25) is 9.78 Å². The van der Waals surface area contributed by atoms with Gasteiger partial charge in [-0.1, -0.05) is 6.07 Å². The van der Waals surface area contributed by atoms with E-state index in [-0.39, 0.29) is 11.8 Å². The van der Waals surface area contributed by atoms with Crippen LogP contribution in [0.4, 0.5) is 0 Å². The molecule has 1 aliphatic rings. The fraction of sp³-hybridized carbons (Fsp3) is 0.353. The summed E-state index contributed by atoms with van der Waals surface area (Å²) >= 11 is 0. The molecule has 0 radical (unpaired) electrons. The highest BCUT2D eigenvalue weighted by molar-refractivity contribution is 5.92. The Morgan fingerprint density at radius 1 is 1.17 bits per heavy atom. The number of carbonyl (C=O) groups is 1. The van der Waals surface area contributed by atoms with E-state index in [4.69, 9.17) is 0 Å². The molecule has 0 aliphatic carbocycles. The van der Waals surface area contributed by atoms with Gasteiger partial charge in [-0.25, -0.2) is 14.6 Å². The van der Waals surface area contributed by atoms with Crippen LogP contribution in [-0.4, -0.2) is 48.6 Å². The average Bonchev–Trinajstić information content (AvgIpc) is 2.99. The van der Waals surface area contributed by atoms with E-state index in [1.54, 1.807) is 29.3 Å².